The standard InChI is InChI=1S/C18H16N4O3/c23-18(19-12-3-5-15-16(9-12)25-8-7-24-15)13-4-6-17-20-14(11-1-2-11)10-22(17)21-13/h3-6,9-11H,1-2,7-8H2,(H,19,23). The van der Waals surface area contributed by atoms with Gasteiger partial charge in [-0.3, -0.25) is 4.79 Å². The van der Waals surface area contributed by atoms with Gasteiger partial charge in [-0.25, -0.2) is 9.50 Å². The minimum Gasteiger partial charge on any atom is -0.486 e. The molecule has 25 heavy (non-hydrogen) atoms. The lowest BCUT2D eigenvalue weighted by molar-refractivity contribution is 0.102. The van der Waals surface area contributed by atoms with Crippen molar-refractivity contribution in [3.63, 3.8) is 0 Å². The topological polar surface area (TPSA) is 77.8 Å². The maximum absolute atomic E-state index is 12.5. The molecule has 0 radical (unpaired) electrons. The van der Waals surface area contributed by atoms with Crippen molar-refractivity contribution in [3.8, 4) is 11.5 Å². The predicted octanol–water partition coefficient (Wildman–Crippen LogP) is 2.63. The van der Waals surface area contributed by atoms with Gasteiger partial charge in [0.2, 0.25) is 0 Å². The second-order valence-electron chi connectivity index (χ2n) is 6.27. The Bertz CT molecular complexity index is 978. The van der Waals surface area contributed by atoms with E-state index in [1.54, 1.807) is 28.8 Å². The van der Waals surface area contributed by atoms with Crippen molar-refractivity contribution < 1.29 is 14.3 Å². The molecular weight excluding hydrogens is 320 g/mol. The Kier molecular flexibility index (Phi) is 3.12. The molecule has 1 fully saturated rings. The van der Waals surface area contributed by atoms with Gasteiger partial charge in [-0.15, -0.1) is 0 Å². The second-order valence-corrected chi connectivity index (χ2v) is 6.27. The van der Waals surface area contributed by atoms with Gasteiger partial charge in [0.1, 0.15) is 18.9 Å². The van der Waals surface area contributed by atoms with Crippen LogP contribution in [0.5, 0.6) is 11.5 Å². The number of aromatic nitrogens is 3. The van der Waals surface area contributed by atoms with Crippen molar-refractivity contribution in [2.45, 2.75) is 18.8 Å². The number of fused-ring (bicyclic) bond motifs is 2. The van der Waals surface area contributed by atoms with Crippen molar-refractivity contribution in [3.05, 3.63) is 47.9 Å². The number of ether oxygens (including phenoxy) is 2. The summed E-state index contributed by atoms with van der Waals surface area (Å²) < 4.78 is 12.7. The van der Waals surface area contributed by atoms with Crippen LogP contribution in [-0.4, -0.2) is 33.7 Å². The number of nitrogens with zero attached hydrogens (tertiary/aromatic N) is 3. The minimum atomic E-state index is -0.278. The van der Waals surface area contributed by atoms with Gasteiger partial charge in [0.15, 0.2) is 17.1 Å². The SMILES string of the molecule is O=C(Nc1ccc2c(c1)OCCO2)c1ccc2nc(C3CC3)cn2n1. The van der Waals surface area contributed by atoms with E-state index >= 15 is 0 Å². The first-order chi connectivity index (χ1) is 12.3. The number of amides is 1. The molecule has 1 aliphatic carbocycles. The van der Waals surface area contributed by atoms with Crippen molar-refractivity contribution in [1.82, 2.24) is 14.6 Å². The number of hydrogen-bond acceptors (Lipinski definition) is 5. The van der Waals surface area contributed by atoms with Crippen molar-refractivity contribution in [1.29, 1.82) is 0 Å². The Morgan fingerprint density at radius 1 is 1.12 bits per heavy atom. The highest BCUT2D eigenvalue weighted by Gasteiger charge is 2.26. The largest absolute Gasteiger partial charge is 0.486 e. The Morgan fingerprint density at radius 3 is 2.80 bits per heavy atom. The molecule has 3 heterocycles. The fourth-order valence-corrected chi connectivity index (χ4v) is 2.91. The molecule has 1 aromatic carbocycles. The van der Waals surface area contributed by atoms with Crippen molar-refractivity contribution in [2.24, 2.45) is 0 Å². The first-order valence-electron chi connectivity index (χ1n) is 8.33. The smallest absolute Gasteiger partial charge is 0.276 e. The highest BCUT2D eigenvalue weighted by Crippen LogP contribution is 2.39. The number of benzene rings is 1. The highest BCUT2D eigenvalue weighted by molar-refractivity contribution is 6.03. The number of anilines is 1. The van der Waals surface area contributed by atoms with Gasteiger partial charge >= 0.3 is 0 Å². The van der Waals surface area contributed by atoms with Gasteiger partial charge in [-0.2, -0.15) is 5.10 Å². The van der Waals surface area contributed by atoms with Crippen LogP contribution in [0.4, 0.5) is 5.69 Å². The molecule has 2 aliphatic rings. The molecule has 0 spiro atoms. The molecule has 3 aromatic rings. The van der Waals surface area contributed by atoms with Crippen LogP contribution in [0.15, 0.2) is 36.5 Å². The van der Waals surface area contributed by atoms with E-state index in [2.05, 4.69) is 15.4 Å². The van der Waals surface area contributed by atoms with Gasteiger partial charge < -0.3 is 14.8 Å². The molecule has 0 unspecified atom stereocenters. The molecule has 5 rings (SSSR count). The number of hydrogen-bond donors (Lipinski definition) is 1. The van der Waals surface area contributed by atoms with Crippen molar-refractivity contribution in [2.75, 3.05) is 18.5 Å². The third-order valence-corrected chi connectivity index (χ3v) is 4.37. The van der Waals surface area contributed by atoms with Gasteiger partial charge in [-0.1, -0.05) is 0 Å². The van der Waals surface area contributed by atoms with Crippen LogP contribution in [0.3, 0.4) is 0 Å². The summed E-state index contributed by atoms with van der Waals surface area (Å²) >= 11 is 0. The molecule has 1 amide bonds. The van der Waals surface area contributed by atoms with E-state index in [4.69, 9.17) is 9.47 Å². The van der Waals surface area contributed by atoms with Crippen molar-refractivity contribution >= 4 is 17.2 Å². The van der Waals surface area contributed by atoms with Crippen LogP contribution in [0.1, 0.15) is 34.9 Å². The zero-order valence-electron chi connectivity index (χ0n) is 13.4. The summed E-state index contributed by atoms with van der Waals surface area (Å²) in [4.78, 5) is 17.0. The first-order valence-corrected chi connectivity index (χ1v) is 8.33. The Hall–Kier alpha value is -3.09. The summed E-state index contributed by atoms with van der Waals surface area (Å²) in [5, 5.41) is 7.22. The third kappa shape index (κ3) is 2.67. The minimum absolute atomic E-state index is 0.278. The van der Waals surface area contributed by atoms with Crippen LogP contribution >= 0.6 is 0 Å². The lowest BCUT2D eigenvalue weighted by atomic mass is 10.2. The van der Waals surface area contributed by atoms with Crippen LogP contribution in [0.25, 0.3) is 5.65 Å². The predicted molar refractivity (Wildman–Crippen MR) is 90.3 cm³/mol. The zero-order chi connectivity index (χ0) is 16.8. The van der Waals surface area contributed by atoms with Gasteiger partial charge in [-0.05, 0) is 37.1 Å². The average Bonchev–Trinajstić information content (AvgIpc) is 3.40. The van der Waals surface area contributed by atoms with Gasteiger partial charge in [0, 0.05) is 17.7 Å². The first kappa shape index (κ1) is 14.3. The molecule has 1 aliphatic heterocycles. The molecule has 1 saturated carbocycles. The quantitative estimate of drug-likeness (QED) is 0.795. The van der Waals surface area contributed by atoms with Crippen LogP contribution in [0.2, 0.25) is 0 Å². The maximum atomic E-state index is 12.5. The summed E-state index contributed by atoms with van der Waals surface area (Å²) in [6, 6.07) is 8.84. The maximum Gasteiger partial charge on any atom is 0.276 e. The third-order valence-electron chi connectivity index (χ3n) is 4.37. The van der Waals surface area contributed by atoms with E-state index in [1.807, 2.05) is 12.3 Å². The molecule has 7 heteroatoms. The van der Waals surface area contributed by atoms with E-state index in [0.717, 1.165) is 11.3 Å². The summed E-state index contributed by atoms with van der Waals surface area (Å²) in [5.41, 5.74) is 2.79. The van der Waals surface area contributed by atoms with E-state index in [-0.39, 0.29) is 5.91 Å². The molecule has 126 valence electrons. The molecule has 1 N–H and O–H groups in total. The summed E-state index contributed by atoms with van der Waals surface area (Å²) in [5.74, 6) is 1.60. The molecule has 0 saturated heterocycles. The lowest BCUT2D eigenvalue weighted by Crippen LogP contribution is -2.17. The highest BCUT2D eigenvalue weighted by atomic mass is 16.6. The summed E-state index contributed by atoms with van der Waals surface area (Å²) in [6.07, 6.45) is 4.27. The van der Waals surface area contributed by atoms with E-state index in [0.29, 0.717) is 42.0 Å². The fraction of sp³-hybridized carbons (Fsp3) is 0.278. The van der Waals surface area contributed by atoms with Crippen LogP contribution < -0.4 is 14.8 Å². The number of carbonyl (C=O) groups is 1. The Morgan fingerprint density at radius 2 is 1.96 bits per heavy atom. The second kappa shape index (κ2) is 5.47. The summed E-state index contributed by atoms with van der Waals surface area (Å²) in [6.45, 7) is 1.04. The van der Waals surface area contributed by atoms with E-state index < -0.39 is 0 Å². The molecule has 0 bridgehead atoms. The van der Waals surface area contributed by atoms with Crippen LogP contribution in [0, 0.1) is 0 Å². The van der Waals surface area contributed by atoms with E-state index in [1.165, 1.54) is 12.8 Å². The number of nitrogens with one attached hydrogen (secondary N) is 1. The molecule has 0 atom stereocenters. The molecule has 7 nitrogen and oxygen atoms in total. The Balaban J connectivity index is 1.39. The van der Waals surface area contributed by atoms with Gasteiger partial charge in [0.05, 0.1) is 11.9 Å². The Labute approximate surface area is 143 Å². The zero-order valence-corrected chi connectivity index (χ0v) is 13.4. The summed E-state index contributed by atoms with van der Waals surface area (Å²) in [7, 11) is 0. The monoisotopic (exact) mass is 336 g/mol. The average molecular weight is 336 g/mol. The molecule has 2 aromatic heterocycles. The van der Waals surface area contributed by atoms with E-state index in [9.17, 15) is 4.79 Å². The number of rotatable bonds is 3. The molecular formula is C18H16N4O3. The van der Waals surface area contributed by atoms with Gasteiger partial charge in [0.25, 0.3) is 5.91 Å². The lowest BCUT2D eigenvalue weighted by Gasteiger charge is -2.18. The van der Waals surface area contributed by atoms with Crippen LogP contribution in [-0.2, 0) is 0 Å². The number of imidazole rings is 1. The number of carbonyl (C=O) groups excluding carboxylic acids is 1. The fourth-order valence-electron chi connectivity index (χ4n) is 2.91. The normalized spacial score (nSPS) is 16.0.